The normalized spacial score (nSPS) is 12.8. The first kappa shape index (κ1) is 11.2. The molecule has 3 nitrogen and oxygen atoms in total. The molecule has 0 aromatic carbocycles. The first-order valence-electron chi connectivity index (χ1n) is 4.63. The van der Waals surface area contributed by atoms with Gasteiger partial charge in [-0.25, -0.2) is 0 Å². The number of rotatable bonds is 4. The quantitative estimate of drug-likeness (QED) is 0.770. The van der Waals surface area contributed by atoms with Gasteiger partial charge in [0.25, 0.3) is 0 Å². The molecule has 1 atom stereocenters. The molecule has 1 aromatic rings. The highest BCUT2D eigenvalue weighted by molar-refractivity contribution is 7.05. The fraction of sp³-hybridized carbons (Fsp3) is 0.600. The van der Waals surface area contributed by atoms with Crippen molar-refractivity contribution in [2.45, 2.75) is 32.2 Å². The zero-order valence-electron chi connectivity index (χ0n) is 8.74. The van der Waals surface area contributed by atoms with Crippen LogP contribution >= 0.6 is 11.5 Å². The fourth-order valence-corrected chi connectivity index (χ4v) is 2.21. The molecule has 0 bridgehead atoms. The lowest BCUT2D eigenvalue weighted by molar-refractivity contribution is 0.607. The zero-order chi connectivity index (χ0) is 10.6. The third-order valence-corrected chi connectivity index (χ3v) is 2.93. The molecule has 14 heavy (non-hydrogen) atoms. The largest absolute Gasteiger partial charge is 0.311 e. The van der Waals surface area contributed by atoms with Gasteiger partial charge >= 0.3 is 0 Å². The van der Waals surface area contributed by atoms with Gasteiger partial charge in [-0.05, 0) is 24.5 Å². The highest BCUT2D eigenvalue weighted by Crippen LogP contribution is 2.27. The molecule has 0 aliphatic rings. The molecule has 0 aliphatic heterocycles. The Morgan fingerprint density at radius 2 is 2.29 bits per heavy atom. The summed E-state index contributed by atoms with van der Waals surface area (Å²) in [4.78, 5) is 1.17. The van der Waals surface area contributed by atoms with Gasteiger partial charge in [0.2, 0.25) is 0 Å². The summed E-state index contributed by atoms with van der Waals surface area (Å²) < 4.78 is 3.98. The first-order chi connectivity index (χ1) is 6.70. The Kier molecular flexibility index (Phi) is 4.05. The topological polar surface area (TPSA) is 37.8 Å². The Hall–Kier alpha value is -0.920. The van der Waals surface area contributed by atoms with Crippen molar-refractivity contribution in [1.29, 1.82) is 0 Å². The number of hydrogen-bond donors (Lipinski definition) is 1. The minimum absolute atomic E-state index is 0.192. The molecule has 1 unspecified atom stereocenters. The second kappa shape index (κ2) is 5.08. The Morgan fingerprint density at radius 3 is 2.79 bits per heavy atom. The molecule has 1 rings (SSSR count). The van der Waals surface area contributed by atoms with Gasteiger partial charge in [0.05, 0.1) is 16.6 Å². The van der Waals surface area contributed by atoms with Crippen molar-refractivity contribution in [2.75, 3.05) is 7.05 Å². The molecular formula is C10H15N3S. The summed E-state index contributed by atoms with van der Waals surface area (Å²) >= 11 is 1.43. The van der Waals surface area contributed by atoms with Crippen LogP contribution in [0.4, 0.5) is 0 Å². The van der Waals surface area contributed by atoms with Crippen LogP contribution in [-0.4, -0.2) is 16.6 Å². The van der Waals surface area contributed by atoms with Crippen LogP contribution in [0.3, 0.4) is 0 Å². The van der Waals surface area contributed by atoms with Gasteiger partial charge in [-0.1, -0.05) is 18.3 Å². The van der Waals surface area contributed by atoms with Crippen LogP contribution in [0, 0.1) is 12.3 Å². The van der Waals surface area contributed by atoms with Crippen LogP contribution in [0.5, 0.6) is 0 Å². The average molecular weight is 209 g/mol. The van der Waals surface area contributed by atoms with Crippen molar-refractivity contribution in [3.8, 4) is 12.3 Å². The van der Waals surface area contributed by atoms with E-state index in [1.54, 1.807) is 0 Å². The second-order valence-electron chi connectivity index (χ2n) is 3.43. The predicted molar refractivity (Wildman–Crippen MR) is 59.2 cm³/mol. The summed E-state index contributed by atoms with van der Waals surface area (Å²) in [7, 11) is 1.91. The fourth-order valence-electron chi connectivity index (χ4n) is 1.29. The van der Waals surface area contributed by atoms with Gasteiger partial charge in [0, 0.05) is 6.42 Å². The van der Waals surface area contributed by atoms with Crippen molar-refractivity contribution >= 4 is 11.5 Å². The second-order valence-corrected chi connectivity index (χ2v) is 4.21. The Bertz CT molecular complexity index is 324. The van der Waals surface area contributed by atoms with Crippen LogP contribution < -0.4 is 5.32 Å². The summed E-state index contributed by atoms with van der Waals surface area (Å²) in [5, 5.41) is 7.32. The molecular weight excluding hydrogens is 194 g/mol. The minimum atomic E-state index is 0.192. The maximum Gasteiger partial charge on any atom is 0.0829 e. The third-order valence-electron chi connectivity index (χ3n) is 2.07. The van der Waals surface area contributed by atoms with E-state index in [0.29, 0.717) is 12.3 Å². The molecule has 0 saturated heterocycles. The van der Waals surface area contributed by atoms with E-state index in [1.807, 2.05) is 7.05 Å². The molecule has 76 valence electrons. The van der Waals surface area contributed by atoms with Gasteiger partial charge in [0.15, 0.2) is 0 Å². The monoisotopic (exact) mass is 209 g/mol. The van der Waals surface area contributed by atoms with E-state index in [0.717, 1.165) is 5.69 Å². The van der Waals surface area contributed by atoms with E-state index in [9.17, 15) is 0 Å². The molecule has 1 heterocycles. The molecule has 0 spiro atoms. The van der Waals surface area contributed by atoms with Gasteiger partial charge in [-0.3, -0.25) is 0 Å². The van der Waals surface area contributed by atoms with Crippen molar-refractivity contribution in [1.82, 2.24) is 14.9 Å². The van der Waals surface area contributed by atoms with E-state index in [4.69, 9.17) is 6.42 Å². The number of nitrogens with one attached hydrogen (secondary N) is 1. The van der Waals surface area contributed by atoms with Gasteiger partial charge in [-0.2, -0.15) is 0 Å². The Balaban J connectivity index is 2.92. The van der Waals surface area contributed by atoms with E-state index >= 15 is 0 Å². The van der Waals surface area contributed by atoms with Gasteiger partial charge < -0.3 is 5.32 Å². The standard InChI is InChI=1S/C10H15N3S/c1-5-6-8(11-4)10-9(7(2)3)12-13-14-10/h1,7-8,11H,6H2,2-4H3. The lowest BCUT2D eigenvalue weighted by atomic mass is 10.0. The molecule has 0 amide bonds. The molecule has 0 fully saturated rings. The smallest absolute Gasteiger partial charge is 0.0829 e. The van der Waals surface area contributed by atoms with E-state index < -0.39 is 0 Å². The van der Waals surface area contributed by atoms with Crippen LogP contribution in [0.1, 0.15) is 42.8 Å². The molecule has 0 radical (unpaired) electrons. The van der Waals surface area contributed by atoms with E-state index in [-0.39, 0.29) is 6.04 Å². The van der Waals surface area contributed by atoms with Gasteiger partial charge in [-0.15, -0.1) is 17.4 Å². The summed E-state index contributed by atoms with van der Waals surface area (Å²) in [5.41, 5.74) is 1.06. The van der Waals surface area contributed by atoms with Crippen LogP contribution in [0.25, 0.3) is 0 Å². The maximum absolute atomic E-state index is 5.31. The third kappa shape index (κ3) is 2.31. The molecule has 0 aliphatic carbocycles. The van der Waals surface area contributed by atoms with Crippen LogP contribution in [0.2, 0.25) is 0 Å². The lowest BCUT2D eigenvalue weighted by Crippen LogP contribution is -2.16. The van der Waals surface area contributed by atoms with E-state index in [2.05, 4.69) is 34.7 Å². The maximum atomic E-state index is 5.31. The average Bonchev–Trinajstić information content (AvgIpc) is 2.62. The highest BCUT2D eigenvalue weighted by Gasteiger charge is 2.18. The van der Waals surface area contributed by atoms with E-state index in [1.165, 1.54) is 16.4 Å². The molecule has 1 aromatic heterocycles. The minimum Gasteiger partial charge on any atom is -0.311 e. The lowest BCUT2D eigenvalue weighted by Gasteiger charge is -2.13. The number of aromatic nitrogens is 2. The predicted octanol–water partition coefficient (Wildman–Crippen LogP) is 1.95. The number of terminal acetylenes is 1. The molecule has 0 saturated carbocycles. The van der Waals surface area contributed by atoms with Crippen molar-refractivity contribution < 1.29 is 0 Å². The zero-order valence-corrected chi connectivity index (χ0v) is 9.56. The number of hydrogen-bond acceptors (Lipinski definition) is 4. The summed E-state index contributed by atoms with van der Waals surface area (Å²) in [6, 6.07) is 0.192. The molecule has 1 N–H and O–H groups in total. The number of nitrogens with zero attached hydrogens (tertiary/aromatic N) is 2. The Labute approximate surface area is 89.1 Å². The van der Waals surface area contributed by atoms with Crippen LogP contribution in [-0.2, 0) is 0 Å². The molecule has 4 heteroatoms. The summed E-state index contributed by atoms with van der Waals surface area (Å²) in [6.07, 6.45) is 5.99. The summed E-state index contributed by atoms with van der Waals surface area (Å²) in [5.74, 6) is 3.06. The van der Waals surface area contributed by atoms with Crippen molar-refractivity contribution in [3.63, 3.8) is 0 Å². The SMILES string of the molecule is C#CCC(NC)c1snnc1C(C)C. The van der Waals surface area contributed by atoms with Gasteiger partial charge in [0.1, 0.15) is 0 Å². The Morgan fingerprint density at radius 1 is 1.57 bits per heavy atom. The summed E-state index contributed by atoms with van der Waals surface area (Å²) in [6.45, 7) is 4.23. The highest BCUT2D eigenvalue weighted by atomic mass is 32.1. The van der Waals surface area contributed by atoms with Crippen molar-refractivity contribution in [3.05, 3.63) is 10.6 Å². The van der Waals surface area contributed by atoms with Crippen LogP contribution in [0.15, 0.2) is 0 Å². The first-order valence-corrected chi connectivity index (χ1v) is 5.40. The van der Waals surface area contributed by atoms with Crippen molar-refractivity contribution in [2.24, 2.45) is 0 Å².